The number of nitrogens with zero attached hydrogens (tertiary/aromatic N) is 1. The van der Waals surface area contributed by atoms with Gasteiger partial charge in [-0.1, -0.05) is 36.4 Å². The van der Waals surface area contributed by atoms with Crippen LogP contribution in [0.4, 0.5) is 5.69 Å². The van der Waals surface area contributed by atoms with Crippen molar-refractivity contribution in [3.8, 4) is 0 Å². The van der Waals surface area contributed by atoms with E-state index in [1.54, 1.807) is 24.3 Å². The van der Waals surface area contributed by atoms with Crippen molar-refractivity contribution >= 4 is 34.0 Å². The number of hydrogen-bond donors (Lipinski definition) is 2. The predicted molar refractivity (Wildman–Crippen MR) is 104 cm³/mol. The molecule has 0 unspecified atom stereocenters. The van der Waals surface area contributed by atoms with Crippen molar-refractivity contribution in [2.75, 3.05) is 5.32 Å². The summed E-state index contributed by atoms with van der Waals surface area (Å²) in [6, 6.07) is 20.8. The molecule has 0 aliphatic carbocycles. The fourth-order valence-corrected chi connectivity index (χ4v) is 2.59. The molecule has 130 valence electrons. The number of anilines is 1. The molecular weight excluding hydrogens is 326 g/mol. The highest BCUT2D eigenvalue weighted by molar-refractivity contribution is 6.03. The molecule has 0 fully saturated rings. The van der Waals surface area contributed by atoms with Crippen LogP contribution in [0.3, 0.4) is 0 Å². The van der Waals surface area contributed by atoms with E-state index in [4.69, 9.17) is 0 Å². The van der Waals surface area contributed by atoms with E-state index < -0.39 is 0 Å². The first-order valence-electron chi connectivity index (χ1n) is 8.24. The quantitative estimate of drug-likeness (QED) is 0.555. The minimum absolute atomic E-state index is 0.155. The zero-order chi connectivity index (χ0) is 18.5. The van der Waals surface area contributed by atoms with Crippen molar-refractivity contribution in [2.45, 2.75) is 13.8 Å². The van der Waals surface area contributed by atoms with Gasteiger partial charge in [-0.3, -0.25) is 9.59 Å². The predicted octanol–water partition coefficient (Wildman–Crippen LogP) is 3.95. The highest BCUT2D eigenvalue weighted by atomic mass is 16.2. The van der Waals surface area contributed by atoms with Crippen LogP contribution in [-0.2, 0) is 4.79 Å². The first-order valence-corrected chi connectivity index (χ1v) is 8.24. The Hall–Kier alpha value is -3.47. The maximum Gasteiger partial charge on any atom is 0.271 e. The summed E-state index contributed by atoms with van der Waals surface area (Å²) in [4.78, 5) is 23.2. The van der Waals surface area contributed by atoms with Gasteiger partial charge >= 0.3 is 0 Å². The smallest absolute Gasteiger partial charge is 0.271 e. The molecule has 2 amide bonds. The van der Waals surface area contributed by atoms with Gasteiger partial charge in [0.05, 0.1) is 5.71 Å². The number of hydrazone groups is 1. The lowest BCUT2D eigenvalue weighted by Gasteiger charge is -2.06. The van der Waals surface area contributed by atoms with Crippen molar-refractivity contribution < 1.29 is 9.59 Å². The molecule has 0 aromatic heterocycles. The van der Waals surface area contributed by atoms with Gasteiger partial charge in [-0.05, 0) is 53.6 Å². The molecule has 5 nitrogen and oxygen atoms in total. The monoisotopic (exact) mass is 345 g/mol. The van der Waals surface area contributed by atoms with Crippen LogP contribution < -0.4 is 10.7 Å². The number of amides is 2. The SMILES string of the molecule is CC(=O)Nc1ccc(C(=O)N/N=C(\C)c2ccc3ccccc3c2)cc1. The molecule has 0 atom stereocenters. The van der Waals surface area contributed by atoms with Crippen LogP contribution in [0, 0.1) is 0 Å². The van der Waals surface area contributed by atoms with Crippen LogP contribution in [0.15, 0.2) is 71.8 Å². The van der Waals surface area contributed by atoms with E-state index in [-0.39, 0.29) is 11.8 Å². The third kappa shape index (κ3) is 4.13. The molecule has 2 N–H and O–H groups in total. The summed E-state index contributed by atoms with van der Waals surface area (Å²) in [5.41, 5.74) is 5.35. The molecule has 0 bridgehead atoms. The Bertz CT molecular complexity index is 992. The molecular formula is C21H19N3O2. The number of nitrogens with one attached hydrogen (secondary N) is 2. The van der Waals surface area contributed by atoms with Crippen LogP contribution in [0.1, 0.15) is 29.8 Å². The van der Waals surface area contributed by atoms with Crippen molar-refractivity contribution in [2.24, 2.45) is 5.10 Å². The molecule has 0 saturated heterocycles. The van der Waals surface area contributed by atoms with E-state index in [1.807, 2.05) is 43.3 Å². The lowest BCUT2D eigenvalue weighted by molar-refractivity contribution is -0.114. The Morgan fingerprint density at radius 1 is 0.808 bits per heavy atom. The zero-order valence-electron chi connectivity index (χ0n) is 14.6. The average molecular weight is 345 g/mol. The summed E-state index contributed by atoms with van der Waals surface area (Å²) < 4.78 is 0. The molecule has 0 radical (unpaired) electrons. The molecule has 0 aliphatic heterocycles. The standard InChI is InChI=1S/C21H19N3O2/c1-14(18-8-7-16-5-3-4-6-19(16)13-18)23-24-21(26)17-9-11-20(12-10-17)22-15(2)25/h3-13H,1-2H3,(H,22,25)(H,24,26)/b23-14+. The Balaban J connectivity index is 1.71. The summed E-state index contributed by atoms with van der Waals surface area (Å²) in [5, 5.41) is 9.14. The van der Waals surface area contributed by atoms with Gasteiger partial charge in [-0.25, -0.2) is 5.43 Å². The number of benzene rings is 3. The van der Waals surface area contributed by atoms with E-state index in [1.165, 1.54) is 6.92 Å². The maximum absolute atomic E-state index is 12.2. The van der Waals surface area contributed by atoms with Crippen LogP contribution >= 0.6 is 0 Å². The molecule has 0 spiro atoms. The summed E-state index contributed by atoms with van der Waals surface area (Å²) in [7, 11) is 0. The molecule has 0 heterocycles. The van der Waals surface area contributed by atoms with Gasteiger partial charge in [0.15, 0.2) is 0 Å². The Morgan fingerprint density at radius 3 is 2.15 bits per heavy atom. The van der Waals surface area contributed by atoms with E-state index >= 15 is 0 Å². The Labute approximate surface area is 151 Å². The van der Waals surface area contributed by atoms with Gasteiger partial charge in [0.25, 0.3) is 5.91 Å². The number of carbonyl (C=O) groups is 2. The second-order valence-electron chi connectivity index (χ2n) is 5.96. The third-order valence-electron chi connectivity index (χ3n) is 3.96. The van der Waals surface area contributed by atoms with Gasteiger partial charge in [0.2, 0.25) is 5.91 Å². The number of hydrogen-bond acceptors (Lipinski definition) is 3. The van der Waals surface area contributed by atoms with Gasteiger partial charge in [-0.15, -0.1) is 0 Å². The summed E-state index contributed by atoms with van der Waals surface area (Å²) in [5.74, 6) is -0.461. The minimum atomic E-state index is -0.306. The Kier molecular flexibility index (Phi) is 5.08. The highest BCUT2D eigenvalue weighted by Crippen LogP contribution is 2.16. The highest BCUT2D eigenvalue weighted by Gasteiger charge is 2.06. The molecule has 3 rings (SSSR count). The summed E-state index contributed by atoms with van der Waals surface area (Å²) in [6.45, 7) is 3.29. The van der Waals surface area contributed by atoms with Crippen molar-refractivity contribution in [1.29, 1.82) is 0 Å². The van der Waals surface area contributed by atoms with E-state index in [0.29, 0.717) is 11.3 Å². The van der Waals surface area contributed by atoms with Crippen LogP contribution in [0.5, 0.6) is 0 Å². The number of carbonyl (C=O) groups excluding carboxylic acids is 2. The average Bonchev–Trinajstić information content (AvgIpc) is 2.65. The fraction of sp³-hybridized carbons (Fsp3) is 0.0952. The van der Waals surface area contributed by atoms with Gasteiger partial charge in [0.1, 0.15) is 0 Å². The maximum atomic E-state index is 12.2. The minimum Gasteiger partial charge on any atom is -0.326 e. The number of fused-ring (bicyclic) bond motifs is 1. The van der Waals surface area contributed by atoms with Crippen molar-refractivity contribution in [3.63, 3.8) is 0 Å². The van der Waals surface area contributed by atoms with Gasteiger partial charge in [-0.2, -0.15) is 5.10 Å². The lowest BCUT2D eigenvalue weighted by Crippen LogP contribution is -2.19. The van der Waals surface area contributed by atoms with Crippen LogP contribution in [0.2, 0.25) is 0 Å². The summed E-state index contributed by atoms with van der Waals surface area (Å²) >= 11 is 0. The largest absolute Gasteiger partial charge is 0.326 e. The molecule has 0 saturated carbocycles. The third-order valence-corrected chi connectivity index (χ3v) is 3.96. The van der Waals surface area contributed by atoms with E-state index in [0.717, 1.165) is 22.0 Å². The second kappa shape index (κ2) is 7.61. The molecule has 3 aromatic rings. The van der Waals surface area contributed by atoms with Crippen LogP contribution in [0.25, 0.3) is 10.8 Å². The fourth-order valence-electron chi connectivity index (χ4n) is 2.59. The topological polar surface area (TPSA) is 70.6 Å². The number of rotatable bonds is 4. The van der Waals surface area contributed by atoms with Crippen LogP contribution in [-0.4, -0.2) is 17.5 Å². The van der Waals surface area contributed by atoms with Crippen molar-refractivity contribution in [3.05, 3.63) is 77.9 Å². The molecule has 3 aromatic carbocycles. The Morgan fingerprint density at radius 2 is 1.46 bits per heavy atom. The first kappa shape index (κ1) is 17.4. The van der Waals surface area contributed by atoms with Gasteiger partial charge in [0, 0.05) is 18.2 Å². The zero-order valence-corrected chi connectivity index (χ0v) is 14.6. The van der Waals surface area contributed by atoms with E-state index in [2.05, 4.69) is 21.9 Å². The normalized spacial score (nSPS) is 11.2. The lowest BCUT2D eigenvalue weighted by atomic mass is 10.0. The second-order valence-corrected chi connectivity index (χ2v) is 5.96. The molecule has 26 heavy (non-hydrogen) atoms. The first-order chi connectivity index (χ1) is 12.5. The van der Waals surface area contributed by atoms with Crippen molar-refractivity contribution in [1.82, 2.24) is 5.43 Å². The molecule has 0 aliphatic rings. The molecule has 5 heteroatoms. The van der Waals surface area contributed by atoms with E-state index in [9.17, 15) is 9.59 Å². The van der Waals surface area contributed by atoms with Gasteiger partial charge < -0.3 is 5.32 Å². The summed E-state index contributed by atoms with van der Waals surface area (Å²) in [6.07, 6.45) is 0.